The highest BCUT2D eigenvalue weighted by molar-refractivity contribution is 9.10. The van der Waals surface area contributed by atoms with E-state index in [0.29, 0.717) is 23.4 Å². The fraction of sp³-hybridized carbons (Fsp3) is 0.562. The number of nitrogens with zero attached hydrogens (tertiary/aromatic N) is 1. The maximum atomic E-state index is 12.9. The Kier molecular flexibility index (Phi) is 4.50. The van der Waals surface area contributed by atoms with Crippen molar-refractivity contribution in [2.45, 2.75) is 37.8 Å². The first-order chi connectivity index (χ1) is 10.2. The van der Waals surface area contributed by atoms with Crippen LogP contribution in [0.4, 0.5) is 0 Å². The lowest BCUT2D eigenvalue weighted by Gasteiger charge is -2.26. The Bertz CT molecular complexity index is 525. The van der Waals surface area contributed by atoms with E-state index in [9.17, 15) is 4.79 Å². The van der Waals surface area contributed by atoms with Crippen molar-refractivity contribution < 1.29 is 9.53 Å². The number of rotatable bonds is 5. The van der Waals surface area contributed by atoms with E-state index in [4.69, 9.17) is 4.74 Å². The number of halogens is 1. The minimum Gasteiger partial charge on any atom is -0.496 e. The molecule has 0 aromatic heterocycles. The van der Waals surface area contributed by atoms with Gasteiger partial charge in [0.2, 0.25) is 0 Å². The second-order valence-corrected chi connectivity index (χ2v) is 6.74. The minimum atomic E-state index is 0.0931. The van der Waals surface area contributed by atoms with Gasteiger partial charge < -0.3 is 15.0 Å². The highest BCUT2D eigenvalue weighted by Gasteiger charge is 2.35. The number of carbonyl (C=O) groups excluding carboxylic acids is 1. The highest BCUT2D eigenvalue weighted by atomic mass is 79.9. The van der Waals surface area contributed by atoms with Crippen LogP contribution in [-0.4, -0.2) is 43.1 Å². The van der Waals surface area contributed by atoms with Gasteiger partial charge in [0.25, 0.3) is 5.91 Å². The molecule has 1 unspecified atom stereocenters. The molecule has 1 aromatic rings. The molecule has 4 nitrogen and oxygen atoms in total. The molecule has 1 aromatic carbocycles. The largest absolute Gasteiger partial charge is 0.496 e. The predicted molar refractivity (Wildman–Crippen MR) is 85.8 cm³/mol. The van der Waals surface area contributed by atoms with Crippen LogP contribution < -0.4 is 10.1 Å². The fourth-order valence-electron chi connectivity index (χ4n) is 2.93. The fourth-order valence-corrected chi connectivity index (χ4v) is 3.27. The van der Waals surface area contributed by atoms with Crippen molar-refractivity contribution in [3.63, 3.8) is 0 Å². The van der Waals surface area contributed by atoms with Gasteiger partial charge in [-0.15, -0.1) is 0 Å². The van der Waals surface area contributed by atoms with Gasteiger partial charge in [0.1, 0.15) is 5.75 Å². The first kappa shape index (κ1) is 14.9. The summed E-state index contributed by atoms with van der Waals surface area (Å²) < 4.78 is 6.30. The lowest BCUT2D eigenvalue weighted by molar-refractivity contribution is 0.0725. The van der Waals surface area contributed by atoms with Crippen LogP contribution in [0.5, 0.6) is 5.75 Å². The van der Waals surface area contributed by atoms with Gasteiger partial charge in [-0.1, -0.05) is 15.9 Å². The molecule has 1 aliphatic heterocycles. The Hall–Kier alpha value is -1.07. The van der Waals surface area contributed by atoms with Crippen molar-refractivity contribution in [3.05, 3.63) is 28.2 Å². The van der Waals surface area contributed by atoms with Crippen molar-refractivity contribution in [2.24, 2.45) is 0 Å². The van der Waals surface area contributed by atoms with E-state index in [-0.39, 0.29) is 5.91 Å². The number of ether oxygens (including phenoxy) is 1. The lowest BCUT2D eigenvalue weighted by Crippen LogP contribution is -2.42. The zero-order chi connectivity index (χ0) is 14.8. The quantitative estimate of drug-likeness (QED) is 0.885. The van der Waals surface area contributed by atoms with Gasteiger partial charge in [-0.2, -0.15) is 0 Å². The Morgan fingerprint density at radius 1 is 1.43 bits per heavy atom. The maximum absolute atomic E-state index is 12.9. The standard InChI is InChI=1S/C16H21BrN2O2/c1-21-15-9-11(17)4-7-14(15)16(20)19(13-5-6-13)10-12-3-2-8-18-12/h4,7,9,12-13,18H,2-3,5-6,8,10H2,1H3. The molecule has 1 heterocycles. The third-order valence-corrected chi connectivity index (χ3v) is 4.72. The Morgan fingerprint density at radius 3 is 2.86 bits per heavy atom. The van der Waals surface area contributed by atoms with Crippen molar-refractivity contribution >= 4 is 21.8 Å². The van der Waals surface area contributed by atoms with Gasteiger partial charge in [0.05, 0.1) is 12.7 Å². The minimum absolute atomic E-state index is 0.0931. The summed E-state index contributed by atoms with van der Waals surface area (Å²) in [5, 5.41) is 3.48. The van der Waals surface area contributed by atoms with Crippen LogP contribution in [0.15, 0.2) is 22.7 Å². The average Bonchev–Trinajstić information content (AvgIpc) is 3.20. The van der Waals surface area contributed by atoms with Crippen LogP contribution in [-0.2, 0) is 0 Å². The van der Waals surface area contributed by atoms with E-state index in [0.717, 1.165) is 36.8 Å². The first-order valence-electron chi connectivity index (χ1n) is 7.57. The zero-order valence-electron chi connectivity index (χ0n) is 12.3. The third-order valence-electron chi connectivity index (χ3n) is 4.22. The molecule has 1 saturated heterocycles. The first-order valence-corrected chi connectivity index (χ1v) is 8.36. The molecular formula is C16H21BrN2O2. The van der Waals surface area contributed by atoms with E-state index >= 15 is 0 Å². The number of amides is 1. The Labute approximate surface area is 134 Å². The molecule has 1 saturated carbocycles. The number of hydrogen-bond donors (Lipinski definition) is 1. The van der Waals surface area contributed by atoms with Crippen molar-refractivity contribution in [1.82, 2.24) is 10.2 Å². The number of hydrogen-bond acceptors (Lipinski definition) is 3. The van der Waals surface area contributed by atoms with E-state index < -0.39 is 0 Å². The van der Waals surface area contributed by atoms with Crippen LogP contribution in [0, 0.1) is 0 Å². The van der Waals surface area contributed by atoms with Crippen LogP contribution in [0.1, 0.15) is 36.0 Å². The van der Waals surface area contributed by atoms with Gasteiger partial charge in [0.15, 0.2) is 0 Å². The summed E-state index contributed by atoms with van der Waals surface area (Å²) in [7, 11) is 1.61. The Balaban J connectivity index is 1.80. The molecule has 1 N–H and O–H groups in total. The number of methoxy groups -OCH3 is 1. The summed E-state index contributed by atoms with van der Waals surface area (Å²) in [6, 6.07) is 6.45. The van der Waals surface area contributed by atoms with Gasteiger partial charge in [0, 0.05) is 23.1 Å². The molecule has 21 heavy (non-hydrogen) atoms. The zero-order valence-corrected chi connectivity index (χ0v) is 13.9. The molecular weight excluding hydrogens is 332 g/mol. The topological polar surface area (TPSA) is 41.6 Å². The summed E-state index contributed by atoms with van der Waals surface area (Å²) in [4.78, 5) is 14.9. The van der Waals surface area contributed by atoms with Gasteiger partial charge in [-0.3, -0.25) is 4.79 Å². The predicted octanol–water partition coefficient (Wildman–Crippen LogP) is 2.81. The summed E-state index contributed by atoms with van der Waals surface area (Å²) in [5.74, 6) is 0.731. The van der Waals surface area contributed by atoms with Crippen molar-refractivity contribution in [1.29, 1.82) is 0 Å². The summed E-state index contributed by atoms with van der Waals surface area (Å²) in [5.41, 5.74) is 0.658. The molecule has 0 radical (unpaired) electrons. The SMILES string of the molecule is COc1cc(Br)ccc1C(=O)N(CC1CCCN1)C1CC1. The number of carbonyl (C=O) groups is 1. The summed E-state index contributed by atoms with van der Waals surface area (Å²) >= 11 is 3.42. The molecule has 5 heteroatoms. The second kappa shape index (κ2) is 6.36. The van der Waals surface area contributed by atoms with Gasteiger partial charge in [-0.05, 0) is 50.4 Å². The van der Waals surface area contributed by atoms with E-state index in [1.807, 2.05) is 23.1 Å². The van der Waals surface area contributed by atoms with E-state index in [1.165, 1.54) is 6.42 Å². The third kappa shape index (κ3) is 3.40. The highest BCUT2D eigenvalue weighted by Crippen LogP contribution is 2.32. The van der Waals surface area contributed by atoms with E-state index in [2.05, 4.69) is 21.2 Å². The number of benzene rings is 1. The van der Waals surface area contributed by atoms with Crippen LogP contribution >= 0.6 is 15.9 Å². The summed E-state index contributed by atoms with van der Waals surface area (Å²) in [6.07, 6.45) is 4.61. The molecule has 0 spiro atoms. The monoisotopic (exact) mass is 352 g/mol. The normalized spacial score (nSPS) is 21.3. The van der Waals surface area contributed by atoms with Crippen molar-refractivity contribution in [3.8, 4) is 5.75 Å². The molecule has 2 fully saturated rings. The van der Waals surface area contributed by atoms with E-state index in [1.54, 1.807) is 7.11 Å². The lowest BCUT2D eigenvalue weighted by atomic mass is 10.1. The maximum Gasteiger partial charge on any atom is 0.257 e. The molecule has 3 rings (SSSR count). The molecule has 1 atom stereocenters. The molecule has 2 aliphatic rings. The molecule has 1 amide bonds. The van der Waals surface area contributed by atoms with Crippen molar-refractivity contribution in [2.75, 3.05) is 20.2 Å². The van der Waals surface area contributed by atoms with Crippen LogP contribution in [0.2, 0.25) is 0 Å². The molecule has 1 aliphatic carbocycles. The van der Waals surface area contributed by atoms with Crippen LogP contribution in [0.25, 0.3) is 0 Å². The molecule has 114 valence electrons. The Morgan fingerprint density at radius 2 is 2.24 bits per heavy atom. The smallest absolute Gasteiger partial charge is 0.257 e. The van der Waals surface area contributed by atoms with Gasteiger partial charge >= 0.3 is 0 Å². The average molecular weight is 353 g/mol. The number of nitrogens with one attached hydrogen (secondary N) is 1. The summed E-state index contributed by atoms with van der Waals surface area (Å²) in [6.45, 7) is 1.88. The second-order valence-electron chi connectivity index (χ2n) is 5.83. The van der Waals surface area contributed by atoms with Crippen LogP contribution in [0.3, 0.4) is 0 Å². The molecule has 0 bridgehead atoms. The van der Waals surface area contributed by atoms with Gasteiger partial charge in [-0.25, -0.2) is 0 Å².